The average molecular weight is 199 g/mol. The van der Waals surface area contributed by atoms with Crippen LogP contribution >= 0.6 is 0 Å². The Balaban J connectivity index is 1.96. The summed E-state index contributed by atoms with van der Waals surface area (Å²) in [6.45, 7) is 8.42. The van der Waals surface area contributed by atoms with Gasteiger partial charge in [-0.1, -0.05) is 6.92 Å². The summed E-state index contributed by atoms with van der Waals surface area (Å²) in [5.41, 5.74) is 0. The largest absolute Gasteiger partial charge is 0.382 e. The summed E-state index contributed by atoms with van der Waals surface area (Å²) in [7, 11) is 0. The zero-order chi connectivity index (χ0) is 10.2. The maximum absolute atomic E-state index is 5.35. The maximum Gasteiger partial charge on any atom is 0.0465 e. The zero-order valence-electron chi connectivity index (χ0n) is 9.72. The molecule has 0 heterocycles. The molecule has 2 nitrogen and oxygen atoms in total. The van der Waals surface area contributed by atoms with Gasteiger partial charge in [-0.25, -0.2) is 0 Å². The Bertz CT molecular complexity index is 138. The van der Waals surface area contributed by atoms with Crippen molar-refractivity contribution in [2.24, 2.45) is 11.8 Å². The highest BCUT2D eigenvalue weighted by Crippen LogP contribution is 2.36. The van der Waals surface area contributed by atoms with Crippen molar-refractivity contribution >= 4 is 0 Å². The Labute approximate surface area is 88.4 Å². The fraction of sp³-hybridized carbons (Fsp3) is 1.00. The van der Waals surface area contributed by atoms with E-state index in [1.165, 1.54) is 32.2 Å². The van der Waals surface area contributed by atoms with Crippen LogP contribution in [0.5, 0.6) is 0 Å². The first-order valence-electron chi connectivity index (χ1n) is 6.16. The van der Waals surface area contributed by atoms with Crippen LogP contribution < -0.4 is 5.32 Å². The van der Waals surface area contributed by atoms with E-state index in [4.69, 9.17) is 4.74 Å². The molecule has 2 atom stereocenters. The Hall–Kier alpha value is -0.0800. The molecule has 0 aromatic heterocycles. The molecule has 14 heavy (non-hydrogen) atoms. The van der Waals surface area contributed by atoms with Gasteiger partial charge in [0.1, 0.15) is 0 Å². The second-order valence-corrected chi connectivity index (χ2v) is 4.24. The van der Waals surface area contributed by atoms with Crippen molar-refractivity contribution in [3.63, 3.8) is 0 Å². The maximum atomic E-state index is 5.35. The first-order valence-corrected chi connectivity index (χ1v) is 6.16. The van der Waals surface area contributed by atoms with Gasteiger partial charge in [0.05, 0.1) is 0 Å². The molecule has 0 aromatic rings. The summed E-state index contributed by atoms with van der Waals surface area (Å²) in [5, 5.41) is 3.45. The average Bonchev–Trinajstić information content (AvgIpc) is 2.16. The van der Waals surface area contributed by atoms with Crippen LogP contribution in [0.4, 0.5) is 0 Å². The molecule has 2 heteroatoms. The molecule has 1 N–H and O–H groups in total. The van der Waals surface area contributed by atoms with Gasteiger partial charge in [-0.2, -0.15) is 0 Å². The summed E-state index contributed by atoms with van der Waals surface area (Å²) in [4.78, 5) is 0. The highest BCUT2D eigenvalue weighted by Gasteiger charge is 2.29. The van der Waals surface area contributed by atoms with Crippen LogP contribution in [0.25, 0.3) is 0 Å². The molecule has 1 rings (SSSR count). The Morgan fingerprint density at radius 1 is 1.21 bits per heavy atom. The number of ether oxygens (including phenoxy) is 1. The van der Waals surface area contributed by atoms with Crippen LogP contribution in [0.3, 0.4) is 0 Å². The van der Waals surface area contributed by atoms with E-state index < -0.39 is 0 Å². The van der Waals surface area contributed by atoms with Crippen molar-refractivity contribution in [3.8, 4) is 0 Å². The first-order chi connectivity index (χ1) is 6.88. The lowest BCUT2D eigenvalue weighted by atomic mass is 9.71. The Morgan fingerprint density at radius 2 is 2.00 bits per heavy atom. The number of hydrogen-bond acceptors (Lipinski definition) is 2. The van der Waals surface area contributed by atoms with Crippen molar-refractivity contribution in [2.45, 2.75) is 39.5 Å². The minimum atomic E-state index is 0.867. The fourth-order valence-corrected chi connectivity index (χ4v) is 2.21. The molecular formula is C12H25NO. The van der Waals surface area contributed by atoms with Crippen molar-refractivity contribution in [1.29, 1.82) is 0 Å². The van der Waals surface area contributed by atoms with E-state index in [9.17, 15) is 0 Å². The zero-order valence-corrected chi connectivity index (χ0v) is 9.72. The second-order valence-electron chi connectivity index (χ2n) is 4.24. The molecule has 0 radical (unpaired) electrons. The lowest BCUT2D eigenvalue weighted by molar-refractivity contribution is 0.112. The highest BCUT2D eigenvalue weighted by atomic mass is 16.5. The molecule has 0 saturated heterocycles. The van der Waals surface area contributed by atoms with Crippen LogP contribution in [-0.2, 0) is 4.74 Å². The molecule has 1 fully saturated rings. The van der Waals surface area contributed by atoms with Crippen LogP contribution in [0.15, 0.2) is 0 Å². The third kappa shape index (κ3) is 3.97. The predicted molar refractivity (Wildman–Crippen MR) is 60.5 cm³/mol. The van der Waals surface area contributed by atoms with E-state index in [0.29, 0.717) is 0 Å². The molecule has 0 aliphatic heterocycles. The van der Waals surface area contributed by atoms with Gasteiger partial charge in [-0.05, 0) is 57.5 Å². The molecule has 1 aliphatic rings. The van der Waals surface area contributed by atoms with Gasteiger partial charge in [0, 0.05) is 13.2 Å². The van der Waals surface area contributed by atoms with Gasteiger partial charge < -0.3 is 10.1 Å². The normalized spacial score (nSPS) is 26.1. The van der Waals surface area contributed by atoms with Gasteiger partial charge in [0.15, 0.2) is 0 Å². The van der Waals surface area contributed by atoms with Crippen LogP contribution in [0.1, 0.15) is 39.5 Å². The second kappa shape index (κ2) is 7.24. The summed E-state index contributed by atoms with van der Waals surface area (Å²) < 4.78 is 5.35. The van der Waals surface area contributed by atoms with E-state index in [1.54, 1.807) is 0 Å². The molecule has 1 aliphatic carbocycles. The van der Waals surface area contributed by atoms with Gasteiger partial charge in [0.25, 0.3) is 0 Å². The molecule has 1 saturated carbocycles. The van der Waals surface area contributed by atoms with Crippen molar-refractivity contribution in [3.05, 3.63) is 0 Å². The van der Waals surface area contributed by atoms with E-state index in [2.05, 4.69) is 19.2 Å². The van der Waals surface area contributed by atoms with Gasteiger partial charge in [0.2, 0.25) is 0 Å². The van der Waals surface area contributed by atoms with E-state index in [0.717, 1.165) is 31.6 Å². The number of hydrogen-bond donors (Lipinski definition) is 1. The molecule has 0 aromatic carbocycles. The van der Waals surface area contributed by atoms with E-state index >= 15 is 0 Å². The molecule has 0 bridgehead atoms. The third-order valence-electron chi connectivity index (χ3n) is 3.30. The van der Waals surface area contributed by atoms with Gasteiger partial charge in [-0.3, -0.25) is 0 Å². The van der Waals surface area contributed by atoms with Crippen molar-refractivity contribution < 1.29 is 4.74 Å². The minimum absolute atomic E-state index is 0.867. The number of nitrogens with one attached hydrogen (secondary N) is 1. The molecule has 2 unspecified atom stereocenters. The van der Waals surface area contributed by atoms with Crippen LogP contribution in [-0.4, -0.2) is 26.3 Å². The lowest BCUT2D eigenvalue weighted by Crippen LogP contribution is -2.35. The van der Waals surface area contributed by atoms with Crippen LogP contribution in [0.2, 0.25) is 0 Å². The highest BCUT2D eigenvalue weighted by molar-refractivity contribution is 4.81. The van der Waals surface area contributed by atoms with Gasteiger partial charge in [-0.15, -0.1) is 0 Å². The van der Waals surface area contributed by atoms with Crippen molar-refractivity contribution in [2.75, 3.05) is 26.3 Å². The molecule has 0 spiro atoms. The smallest absolute Gasteiger partial charge is 0.0465 e. The monoisotopic (exact) mass is 199 g/mol. The minimum Gasteiger partial charge on any atom is -0.382 e. The number of rotatable bonds is 8. The standard InChI is InChI=1S/C12H25NO/c1-3-13-10-12-8-7-11(12)6-5-9-14-4-2/h11-13H,3-10H2,1-2H3. The van der Waals surface area contributed by atoms with Crippen molar-refractivity contribution in [1.82, 2.24) is 5.32 Å². The lowest BCUT2D eigenvalue weighted by Gasteiger charge is -2.37. The van der Waals surface area contributed by atoms with E-state index in [-0.39, 0.29) is 0 Å². The topological polar surface area (TPSA) is 21.3 Å². The first kappa shape index (κ1) is 12.0. The summed E-state index contributed by atoms with van der Waals surface area (Å²) in [6.07, 6.45) is 5.51. The fourth-order valence-electron chi connectivity index (χ4n) is 2.21. The summed E-state index contributed by atoms with van der Waals surface area (Å²) >= 11 is 0. The Kier molecular flexibility index (Phi) is 6.20. The van der Waals surface area contributed by atoms with Gasteiger partial charge >= 0.3 is 0 Å². The van der Waals surface area contributed by atoms with Crippen LogP contribution in [0, 0.1) is 11.8 Å². The molecule has 0 amide bonds. The molecule has 84 valence electrons. The third-order valence-corrected chi connectivity index (χ3v) is 3.30. The SMILES string of the molecule is CCNCC1CCC1CCCOCC. The van der Waals surface area contributed by atoms with E-state index in [1.807, 2.05) is 0 Å². The summed E-state index contributed by atoms with van der Waals surface area (Å²) in [5.74, 6) is 1.94. The Morgan fingerprint density at radius 3 is 2.57 bits per heavy atom. The summed E-state index contributed by atoms with van der Waals surface area (Å²) in [6, 6.07) is 0. The molecular weight excluding hydrogens is 174 g/mol. The predicted octanol–water partition coefficient (Wildman–Crippen LogP) is 2.44. The quantitative estimate of drug-likeness (QED) is 0.606.